The molecular formula is C13H26N2O. The first-order chi connectivity index (χ1) is 7.77. The van der Waals surface area contributed by atoms with E-state index in [4.69, 9.17) is 0 Å². The molecule has 1 fully saturated rings. The summed E-state index contributed by atoms with van der Waals surface area (Å²) in [6.45, 7) is 8.23. The van der Waals surface area contributed by atoms with Crippen LogP contribution in [0.1, 0.15) is 46.0 Å². The fourth-order valence-electron chi connectivity index (χ4n) is 2.39. The maximum atomic E-state index is 11.9. The second-order valence-electron chi connectivity index (χ2n) is 4.71. The van der Waals surface area contributed by atoms with E-state index in [0.717, 1.165) is 51.4 Å². The van der Waals surface area contributed by atoms with Gasteiger partial charge in [0.1, 0.15) is 0 Å². The Kier molecular flexibility index (Phi) is 6.46. The van der Waals surface area contributed by atoms with Crippen LogP contribution in [-0.2, 0) is 4.79 Å². The van der Waals surface area contributed by atoms with Crippen molar-refractivity contribution in [1.82, 2.24) is 10.2 Å². The summed E-state index contributed by atoms with van der Waals surface area (Å²) in [5.41, 5.74) is 0. The number of carbonyl (C=O) groups excluding carboxylic acids is 1. The van der Waals surface area contributed by atoms with Gasteiger partial charge in [-0.05, 0) is 51.6 Å². The van der Waals surface area contributed by atoms with Gasteiger partial charge < -0.3 is 10.2 Å². The Bertz CT molecular complexity index is 200. The number of carbonyl (C=O) groups is 1. The van der Waals surface area contributed by atoms with Gasteiger partial charge in [-0.15, -0.1) is 0 Å². The average Bonchev–Trinajstić information content (AvgIpc) is 2.34. The molecule has 0 aliphatic carbocycles. The van der Waals surface area contributed by atoms with Gasteiger partial charge in [0.05, 0.1) is 0 Å². The summed E-state index contributed by atoms with van der Waals surface area (Å²) in [4.78, 5) is 13.9. The second-order valence-corrected chi connectivity index (χ2v) is 4.71. The Morgan fingerprint density at radius 3 is 2.56 bits per heavy atom. The summed E-state index contributed by atoms with van der Waals surface area (Å²) in [7, 11) is 0. The van der Waals surface area contributed by atoms with Crippen molar-refractivity contribution >= 4 is 5.91 Å². The molecule has 0 saturated carbocycles. The number of nitrogens with zero attached hydrogens (tertiary/aromatic N) is 1. The number of nitrogens with one attached hydrogen (secondary N) is 1. The molecule has 0 bridgehead atoms. The van der Waals surface area contributed by atoms with Crippen molar-refractivity contribution in [2.24, 2.45) is 5.92 Å². The van der Waals surface area contributed by atoms with Gasteiger partial charge in [-0.2, -0.15) is 0 Å². The first-order valence-corrected chi connectivity index (χ1v) is 6.76. The Labute approximate surface area is 99.6 Å². The van der Waals surface area contributed by atoms with E-state index in [1.54, 1.807) is 0 Å². The molecule has 1 N–H and O–H groups in total. The van der Waals surface area contributed by atoms with Crippen molar-refractivity contribution in [3.8, 4) is 0 Å². The molecule has 1 aliphatic rings. The molecule has 0 atom stereocenters. The van der Waals surface area contributed by atoms with Gasteiger partial charge in [-0.3, -0.25) is 4.79 Å². The van der Waals surface area contributed by atoms with E-state index in [2.05, 4.69) is 19.2 Å². The summed E-state index contributed by atoms with van der Waals surface area (Å²) in [5.74, 6) is 1.12. The number of amides is 1. The molecule has 1 aliphatic heterocycles. The molecule has 0 spiro atoms. The second kappa shape index (κ2) is 7.66. The zero-order valence-corrected chi connectivity index (χ0v) is 10.8. The van der Waals surface area contributed by atoms with Crippen LogP contribution < -0.4 is 5.32 Å². The molecule has 16 heavy (non-hydrogen) atoms. The van der Waals surface area contributed by atoms with E-state index in [0.29, 0.717) is 5.91 Å². The Balaban J connectivity index is 2.21. The maximum Gasteiger partial charge on any atom is 0.222 e. The zero-order chi connectivity index (χ0) is 11.8. The minimum Gasteiger partial charge on any atom is -0.343 e. The van der Waals surface area contributed by atoms with Crippen LogP contribution in [0, 0.1) is 5.92 Å². The minimum absolute atomic E-state index is 0.350. The van der Waals surface area contributed by atoms with Gasteiger partial charge in [-0.25, -0.2) is 0 Å². The highest BCUT2D eigenvalue weighted by molar-refractivity contribution is 5.76. The molecule has 1 rings (SSSR count). The van der Waals surface area contributed by atoms with Crippen molar-refractivity contribution in [2.45, 2.75) is 46.0 Å². The van der Waals surface area contributed by atoms with Crippen LogP contribution in [0.5, 0.6) is 0 Å². The third-order valence-corrected chi connectivity index (χ3v) is 3.45. The largest absolute Gasteiger partial charge is 0.343 e. The van der Waals surface area contributed by atoms with Crippen molar-refractivity contribution in [3.63, 3.8) is 0 Å². The van der Waals surface area contributed by atoms with Crippen molar-refractivity contribution in [1.29, 1.82) is 0 Å². The van der Waals surface area contributed by atoms with Crippen LogP contribution in [0.25, 0.3) is 0 Å². The van der Waals surface area contributed by atoms with Gasteiger partial charge in [0.25, 0.3) is 0 Å². The van der Waals surface area contributed by atoms with Crippen LogP contribution in [0.4, 0.5) is 0 Å². The van der Waals surface area contributed by atoms with E-state index < -0.39 is 0 Å². The zero-order valence-electron chi connectivity index (χ0n) is 10.8. The van der Waals surface area contributed by atoms with Crippen molar-refractivity contribution in [2.75, 3.05) is 26.2 Å². The molecule has 0 aromatic carbocycles. The molecule has 3 nitrogen and oxygen atoms in total. The topological polar surface area (TPSA) is 32.3 Å². The molecule has 1 saturated heterocycles. The molecule has 0 aromatic heterocycles. The van der Waals surface area contributed by atoms with Gasteiger partial charge in [-0.1, -0.05) is 6.92 Å². The fourth-order valence-corrected chi connectivity index (χ4v) is 2.39. The third-order valence-electron chi connectivity index (χ3n) is 3.45. The summed E-state index contributed by atoms with van der Waals surface area (Å²) in [6.07, 6.45) is 5.38. The molecule has 0 unspecified atom stereocenters. The molecule has 1 heterocycles. The lowest BCUT2D eigenvalue weighted by molar-refractivity contribution is -0.131. The molecule has 1 amide bonds. The third kappa shape index (κ3) is 4.52. The van der Waals surface area contributed by atoms with E-state index in [9.17, 15) is 4.79 Å². The Morgan fingerprint density at radius 1 is 1.31 bits per heavy atom. The van der Waals surface area contributed by atoms with Gasteiger partial charge >= 0.3 is 0 Å². The van der Waals surface area contributed by atoms with Crippen LogP contribution in [0.3, 0.4) is 0 Å². The maximum absolute atomic E-state index is 11.9. The van der Waals surface area contributed by atoms with E-state index in [-0.39, 0.29) is 0 Å². The summed E-state index contributed by atoms with van der Waals surface area (Å²) < 4.78 is 0. The quantitative estimate of drug-likeness (QED) is 0.751. The average molecular weight is 226 g/mol. The van der Waals surface area contributed by atoms with Crippen molar-refractivity contribution in [3.05, 3.63) is 0 Å². The molecular weight excluding hydrogens is 200 g/mol. The number of piperidine rings is 1. The normalized spacial score (nSPS) is 17.4. The van der Waals surface area contributed by atoms with Crippen molar-refractivity contribution < 1.29 is 4.79 Å². The summed E-state index contributed by atoms with van der Waals surface area (Å²) in [5, 5.41) is 3.36. The van der Waals surface area contributed by atoms with Crippen LogP contribution in [-0.4, -0.2) is 37.0 Å². The lowest BCUT2D eigenvalue weighted by Crippen LogP contribution is -2.33. The SMILES string of the molecule is CCCN(CC)C(=O)CCC1CCNCC1. The minimum atomic E-state index is 0.350. The predicted octanol–water partition coefficient (Wildman–Crippen LogP) is 2.02. The first kappa shape index (κ1) is 13.5. The number of hydrogen-bond acceptors (Lipinski definition) is 2. The lowest BCUT2D eigenvalue weighted by atomic mass is 9.93. The van der Waals surface area contributed by atoms with Crippen LogP contribution in [0.2, 0.25) is 0 Å². The molecule has 0 radical (unpaired) electrons. The number of rotatable bonds is 6. The predicted molar refractivity (Wildman–Crippen MR) is 67.4 cm³/mol. The molecule has 94 valence electrons. The fraction of sp³-hybridized carbons (Fsp3) is 0.923. The molecule has 0 aromatic rings. The smallest absolute Gasteiger partial charge is 0.222 e. The van der Waals surface area contributed by atoms with Crippen LogP contribution in [0.15, 0.2) is 0 Å². The molecule has 3 heteroatoms. The first-order valence-electron chi connectivity index (χ1n) is 6.76. The highest BCUT2D eigenvalue weighted by atomic mass is 16.2. The van der Waals surface area contributed by atoms with E-state index >= 15 is 0 Å². The Hall–Kier alpha value is -0.570. The van der Waals surface area contributed by atoms with Gasteiger partial charge in [0.15, 0.2) is 0 Å². The van der Waals surface area contributed by atoms with E-state index in [1.807, 2.05) is 4.90 Å². The summed E-state index contributed by atoms with van der Waals surface area (Å²) in [6, 6.07) is 0. The lowest BCUT2D eigenvalue weighted by Gasteiger charge is -2.24. The standard InChI is InChI=1S/C13H26N2O/c1-3-11-15(4-2)13(16)6-5-12-7-9-14-10-8-12/h12,14H,3-11H2,1-2H3. The highest BCUT2D eigenvalue weighted by Crippen LogP contribution is 2.18. The Morgan fingerprint density at radius 2 is 2.00 bits per heavy atom. The monoisotopic (exact) mass is 226 g/mol. The van der Waals surface area contributed by atoms with Gasteiger partial charge in [0, 0.05) is 19.5 Å². The summed E-state index contributed by atoms with van der Waals surface area (Å²) >= 11 is 0. The van der Waals surface area contributed by atoms with Crippen LogP contribution >= 0.6 is 0 Å². The van der Waals surface area contributed by atoms with Gasteiger partial charge in [0.2, 0.25) is 5.91 Å². The van der Waals surface area contributed by atoms with E-state index in [1.165, 1.54) is 12.8 Å². The number of hydrogen-bond donors (Lipinski definition) is 1. The highest BCUT2D eigenvalue weighted by Gasteiger charge is 2.16.